The van der Waals surface area contributed by atoms with Crippen LogP contribution in [-0.2, 0) is 19.6 Å². The van der Waals surface area contributed by atoms with E-state index in [2.05, 4.69) is 10.0 Å². The molecule has 148 valence electrons. The molecule has 2 aromatic rings. The van der Waals surface area contributed by atoms with E-state index in [1.165, 1.54) is 24.3 Å². The number of hydrogen-bond donors (Lipinski definition) is 2. The number of rotatable bonds is 7. The lowest BCUT2D eigenvalue weighted by Gasteiger charge is -2.08. The summed E-state index contributed by atoms with van der Waals surface area (Å²) in [6, 6.07) is 7.52. The van der Waals surface area contributed by atoms with E-state index in [0.29, 0.717) is 0 Å². The number of anilines is 1. The van der Waals surface area contributed by atoms with Gasteiger partial charge in [0.1, 0.15) is 11.6 Å². The van der Waals surface area contributed by atoms with Crippen LogP contribution in [0.15, 0.2) is 47.4 Å². The van der Waals surface area contributed by atoms with Crippen molar-refractivity contribution in [3.05, 3.63) is 59.7 Å². The van der Waals surface area contributed by atoms with E-state index in [-0.39, 0.29) is 22.2 Å². The van der Waals surface area contributed by atoms with Crippen LogP contribution in [0.3, 0.4) is 0 Å². The molecule has 1 saturated carbocycles. The Morgan fingerprint density at radius 3 is 2.39 bits per heavy atom. The summed E-state index contributed by atoms with van der Waals surface area (Å²) < 4.78 is 58.0. The van der Waals surface area contributed by atoms with Gasteiger partial charge in [-0.25, -0.2) is 26.7 Å². The van der Waals surface area contributed by atoms with Gasteiger partial charge >= 0.3 is 5.97 Å². The molecule has 1 amide bonds. The molecule has 2 aromatic carbocycles. The van der Waals surface area contributed by atoms with E-state index in [4.69, 9.17) is 4.74 Å². The van der Waals surface area contributed by atoms with E-state index in [9.17, 15) is 26.8 Å². The standard InChI is InChI=1S/C18H16F2N2O5S/c19-12-3-8-15(20)16(9-12)21-17(23)10-27-18(24)11-1-6-14(7-2-11)28(25,26)22-13-4-5-13/h1-3,6-9,13,22H,4-5,10H2,(H,21,23). The van der Waals surface area contributed by atoms with Crippen molar-refractivity contribution in [3.8, 4) is 0 Å². The van der Waals surface area contributed by atoms with Crippen LogP contribution in [-0.4, -0.2) is 32.9 Å². The summed E-state index contributed by atoms with van der Waals surface area (Å²) in [7, 11) is -3.64. The number of ether oxygens (including phenoxy) is 1. The molecule has 0 saturated heterocycles. The number of amides is 1. The third kappa shape index (κ3) is 5.11. The van der Waals surface area contributed by atoms with E-state index in [0.717, 1.165) is 31.0 Å². The van der Waals surface area contributed by atoms with Gasteiger partial charge in [0.25, 0.3) is 5.91 Å². The molecule has 0 radical (unpaired) electrons. The summed E-state index contributed by atoms with van der Waals surface area (Å²) in [5.41, 5.74) is -0.339. The first-order valence-electron chi connectivity index (χ1n) is 8.29. The zero-order chi connectivity index (χ0) is 20.3. The van der Waals surface area contributed by atoms with Crippen LogP contribution in [0, 0.1) is 11.6 Å². The molecular formula is C18H16F2N2O5S. The van der Waals surface area contributed by atoms with Gasteiger partial charge in [0.2, 0.25) is 10.0 Å². The average Bonchev–Trinajstić information content (AvgIpc) is 3.46. The van der Waals surface area contributed by atoms with Crippen LogP contribution in [0.25, 0.3) is 0 Å². The molecule has 7 nitrogen and oxygen atoms in total. The van der Waals surface area contributed by atoms with E-state index in [1.54, 1.807) is 0 Å². The minimum absolute atomic E-state index is 0.00951. The van der Waals surface area contributed by atoms with Crippen molar-refractivity contribution in [2.24, 2.45) is 0 Å². The fourth-order valence-corrected chi connectivity index (χ4v) is 3.56. The van der Waals surface area contributed by atoms with Crippen LogP contribution < -0.4 is 10.0 Å². The van der Waals surface area contributed by atoms with Crippen molar-refractivity contribution in [2.75, 3.05) is 11.9 Å². The number of benzene rings is 2. The van der Waals surface area contributed by atoms with Crippen molar-refractivity contribution in [3.63, 3.8) is 0 Å². The normalized spacial score (nSPS) is 13.8. The number of halogens is 2. The van der Waals surface area contributed by atoms with Crippen molar-refractivity contribution in [2.45, 2.75) is 23.8 Å². The molecule has 0 aromatic heterocycles. The molecule has 28 heavy (non-hydrogen) atoms. The molecule has 1 aliphatic carbocycles. The largest absolute Gasteiger partial charge is 0.452 e. The number of hydrogen-bond acceptors (Lipinski definition) is 5. The summed E-state index contributed by atoms with van der Waals surface area (Å²) in [5, 5.41) is 2.09. The number of carbonyl (C=O) groups excluding carboxylic acids is 2. The third-order valence-corrected chi connectivity index (χ3v) is 5.37. The summed E-state index contributed by atoms with van der Waals surface area (Å²) >= 11 is 0. The molecule has 3 rings (SSSR count). The Balaban J connectivity index is 1.55. The number of nitrogens with one attached hydrogen (secondary N) is 2. The number of carbonyl (C=O) groups is 2. The van der Waals surface area contributed by atoms with Crippen molar-refractivity contribution in [1.82, 2.24) is 4.72 Å². The van der Waals surface area contributed by atoms with Crippen LogP contribution >= 0.6 is 0 Å². The summed E-state index contributed by atoms with van der Waals surface area (Å²) in [6.07, 6.45) is 1.59. The highest BCUT2D eigenvalue weighted by molar-refractivity contribution is 7.89. The maximum atomic E-state index is 13.5. The Kier molecular flexibility index (Phi) is 5.71. The van der Waals surface area contributed by atoms with Gasteiger partial charge in [0, 0.05) is 12.1 Å². The van der Waals surface area contributed by atoms with Gasteiger partial charge in [-0.3, -0.25) is 4.79 Å². The van der Waals surface area contributed by atoms with Crippen molar-refractivity contribution < 1.29 is 31.5 Å². The van der Waals surface area contributed by atoms with Gasteiger partial charge in [-0.15, -0.1) is 0 Å². The highest BCUT2D eigenvalue weighted by Crippen LogP contribution is 2.22. The quantitative estimate of drug-likeness (QED) is 0.682. The molecule has 0 atom stereocenters. The van der Waals surface area contributed by atoms with E-state index >= 15 is 0 Å². The topological polar surface area (TPSA) is 102 Å². The molecule has 10 heteroatoms. The highest BCUT2D eigenvalue weighted by atomic mass is 32.2. The van der Waals surface area contributed by atoms with Gasteiger partial charge in [0.15, 0.2) is 6.61 Å². The first-order chi connectivity index (χ1) is 13.2. The Bertz CT molecular complexity index is 1010. The molecule has 0 heterocycles. The van der Waals surface area contributed by atoms with Crippen LogP contribution in [0.5, 0.6) is 0 Å². The monoisotopic (exact) mass is 410 g/mol. The van der Waals surface area contributed by atoms with Gasteiger partial charge in [-0.2, -0.15) is 0 Å². The minimum Gasteiger partial charge on any atom is -0.452 e. The molecule has 1 aliphatic rings. The van der Waals surface area contributed by atoms with Gasteiger partial charge in [-0.05, 0) is 49.2 Å². The summed E-state index contributed by atoms with van der Waals surface area (Å²) in [5.74, 6) is -3.29. The maximum absolute atomic E-state index is 13.5. The lowest BCUT2D eigenvalue weighted by atomic mass is 10.2. The number of esters is 1. The second kappa shape index (κ2) is 8.03. The molecular weight excluding hydrogens is 394 g/mol. The minimum atomic E-state index is -3.64. The Morgan fingerprint density at radius 2 is 1.75 bits per heavy atom. The summed E-state index contributed by atoms with van der Waals surface area (Å²) in [6.45, 7) is -0.724. The zero-order valence-corrected chi connectivity index (χ0v) is 15.3. The van der Waals surface area contributed by atoms with Crippen LogP contribution in [0.2, 0.25) is 0 Å². The molecule has 0 unspecified atom stereocenters. The van der Waals surface area contributed by atoms with Crippen molar-refractivity contribution >= 4 is 27.6 Å². The van der Waals surface area contributed by atoms with Gasteiger partial charge in [0.05, 0.1) is 16.1 Å². The second-order valence-corrected chi connectivity index (χ2v) is 7.88. The lowest BCUT2D eigenvalue weighted by Crippen LogP contribution is -2.25. The van der Waals surface area contributed by atoms with E-state index in [1.807, 2.05) is 0 Å². The van der Waals surface area contributed by atoms with Gasteiger partial charge < -0.3 is 10.1 Å². The fourth-order valence-electron chi connectivity index (χ4n) is 2.25. The Hall–Kier alpha value is -2.85. The molecule has 1 fully saturated rings. The Labute approximate surface area is 159 Å². The first kappa shape index (κ1) is 19.9. The van der Waals surface area contributed by atoms with Gasteiger partial charge in [-0.1, -0.05) is 0 Å². The highest BCUT2D eigenvalue weighted by Gasteiger charge is 2.28. The summed E-state index contributed by atoms with van der Waals surface area (Å²) in [4.78, 5) is 23.7. The predicted octanol–water partition coefficient (Wildman–Crippen LogP) is 2.20. The van der Waals surface area contributed by atoms with Crippen LogP contribution in [0.4, 0.5) is 14.5 Å². The molecule has 2 N–H and O–H groups in total. The Morgan fingerprint density at radius 1 is 1.07 bits per heavy atom. The maximum Gasteiger partial charge on any atom is 0.338 e. The SMILES string of the molecule is O=C(COC(=O)c1ccc(S(=O)(=O)NC2CC2)cc1)Nc1cc(F)ccc1F. The smallest absolute Gasteiger partial charge is 0.338 e. The number of sulfonamides is 1. The van der Waals surface area contributed by atoms with E-state index < -0.39 is 40.1 Å². The second-order valence-electron chi connectivity index (χ2n) is 6.17. The van der Waals surface area contributed by atoms with Crippen molar-refractivity contribution in [1.29, 1.82) is 0 Å². The zero-order valence-electron chi connectivity index (χ0n) is 14.4. The molecule has 0 spiro atoms. The average molecular weight is 410 g/mol. The fraction of sp³-hybridized carbons (Fsp3) is 0.222. The molecule has 0 bridgehead atoms. The third-order valence-electron chi connectivity index (χ3n) is 3.84. The molecule has 0 aliphatic heterocycles. The first-order valence-corrected chi connectivity index (χ1v) is 9.77. The van der Waals surface area contributed by atoms with Crippen LogP contribution in [0.1, 0.15) is 23.2 Å². The predicted molar refractivity (Wildman–Crippen MR) is 95.1 cm³/mol. The lowest BCUT2D eigenvalue weighted by molar-refractivity contribution is -0.119.